The van der Waals surface area contributed by atoms with E-state index in [4.69, 9.17) is 4.74 Å². The first kappa shape index (κ1) is 9.63. The fourth-order valence-corrected chi connectivity index (χ4v) is 1.36. The maximum absolute atomic E-state index is 5.32. The van der Waals surface area contributed by atoms with Crippen molar-refractivity contribution in [1.82, 2.24) is 0 Å². The first-order valence-electron chi connectivity index (χ1n) is 4.35. The largest absolute Gasteiger partial charge is 0.496 e. The van der Waals surface area contributed by atoms with Gasteiger partial charge in [-0.15, -0.1) is 5.73 Å². The molecule has 0 aromatic heterocycles. The van der Waals surface area contributed by atoms with Crippen molar-refractivity contribution in [3.05, 3.63) is 41.6 Å². The van der Waals surface area contributed by atoms with Crippen LogP contribution in [0.15, 0.2) is 30.5 Å². The number of methoxy groups -OCH3 is 1. The average molecular weight is 174 g/mol. The Morgan fingerprint density at radius 1 is 1.54 bits per heavy atom. The minimum absolute atomic E-state index is 0.932. The molecule has 1 heteroatoms. The van der Waals surface area contributed by atoms with Crippen LogP contribution in [0.2, 0.25) is 0 Å². The lowest BCUT2D eigenvalue weighted by molar-refractivity contribution is 0.409. The van der Waals surface area contributed by atoms with Crippen LogP contribution in [-0.2, 0) is 6.42 Å². The lowest BCUT2D eigenvalue weighted by Crippen LogP contribution is -1.92. The molecule has 1 nitrogen and oxygen atoms in total. The maximum atomic E-state index is 5.32. The molecule has 0 aliphatic rings. The number of ether oxygens (including phenoxy) is 1. The summed E-state index contributed by atoms with van der Waals surface area (Å²) in [6, 6.07) is 6.08. The Morgan fingerprint density at radius 3 is 2.85 bits per heavy atom. The molecule has 68 valence electrons. The number of aryl methyl sites for hydroxylation is 1. The molecule has 1 aromatic carbocycles. The average Bonchev–Trinajstić information content (AvgIpc) is 2.18. The molecule has 0 radical (unpaired) electrons. The van der Waals surface area contributed by atoms with Gasteiger partial charge in [0, 0.05) is 5.56 Å². The van der Waals surface area contributed by atoms with Gasteiger partial charge in [0.2, 0.25) is 0 Å². The van der Waals surface area contributed by atoms with E-state index >= 15 is 0 Å². The van der Waals surface area contributed by atoms with Crippen molar-refractivity contribution in [2.24, 2.45) is 0 Å². The molecule has 0 spiro atoms. The summed E-state index contributed by atoms with van der Waals surface area (Å²) in [4.78, 5) is 0. The zero-order chi connectivity index (χ0) is 9.68. The van der Waals surface area contributed by atoms with E-state index in [0.717, 1.165) is 17.7 Å². The predicted octanol–water partition coefficient (Wildman–Crippen LogP) is 3.06. The zero-order valence-electron chi connectivity index (χ0n) is 8.13. The van der Waals surface area contributed by atoms with Crippen LogP contribution in [0.25, 0.3) is 6.08 Å². The predicted molar refractivity (Wildman–Crippen MR) is 56.0 cm³/mol. The summed E-state index contributed by atoms with van der Waals surface area (Å²) in [6.07, 6.45) is 2.81. The van der Waals surface area contributed by atoms with Gasteiger partial charge in [0.15, 0.2) is 0 Å². The molecule has 0 bridgehead atoms. The summed E-state index contributed by atoms with van der Waals surface area (Å²) >= 11 is 0. The second-order valence-electron chi connectivity index (χ2n) is 2.74. The summed E-state index contributed by atoms with van der Waals surface area (Å²) in [5.41, 5.74) is 5.01. The van der Waals surface area contributed by atoms with Crippen LogP contribution in [0.5, 0.6) is 5.75 Å². The first-order chi connectivity index (χ1) is 6.33. The van der Waals surface area contributed by atoms with Crippen molar-refractivity contribution < 1.29 is 4.74 Å². The second-order valence-corrected chi connectivity index (χ2v) is 2.74. The van der Waals surface area contributed by atoms with Crippen LogP contribution in [0.3, 0.4) is 0 Å². The summed E-state index contributed by atoms with van der Waals surface area (Å²) < 4.78 is 5.32. The van der Waals surface area contributed by atoms with Crippen LogP contribution < -0.4 is 4.74 Å². The summed E-state index contributed by atoms with van der Waals surface area (Å²) in [5, 5.41) is 0. The topological polar surface area (TPSA) is 9.23 Å². The van der Waals surface area contributed by atoms with E-state index in [1.807, 2.05) is 18.2 Å². The van der Waals surface area contributed by atoms with Crippen LogP contribution in [0.1, 0.15) is 18.1 Å². The van der Waals surface area contributed by atoms with Crippen molar-refractivity contribution in [3.8, 4) is 5.75 Å². The van der Waals surface area contributed by atoms with Crippen LogP contribution in [0.4, 0.5) is 0 Å². The minimum Gasteiger partial charge on any atom is -0.496 e. The lowest BCUT2D eigenvalue weighted by Gasteiger charge is -2.08. The van der Waals surface area contributed by atoms with E-state index in [-0.39, 0.29) is 0 Å². The Labute approximate surface area is 79.4 Å². The van der Waals surface area contributed by atoms with Crippen molar-refractivity contribution in [2.45, 2.75) is 13.3 Å². The molecule has 0 aliphatic heterocycles. The van der Waals surface area contributed by atoms with Crippen molar-refractivity contribution in [1.29, 1.82) is 0 Å². The summed E-state index contributed by atoms with van der Waals surface area (Å²) in [7, 11) is 1.69. The molecular formula is C12H14O. The molecule has 0 fully saturated rings. The second kappa shape index (κ2) is 4.54. The highest BCUT2D eigenvalue weighted by Crippen LogP contribution is 2.24. The molecule has 0 atom stereocenters. The van der Waals surface area contributed by atoms with Gasteiger partial charge in [0.1, 0.15) is 5.75 Å². The fraction of sp³-hybridized carbons (Fsp3) is 0.250. The quantitative estimate of drug-likeness (QED) is 0.640. The number of para-hydroxylation sites is 1. The number of hydrogen-bond donors (Lipinski definition) is 0. The van der Waals surface area contributed by atoms with Crippen LogP contribution in [0, 0.1) is 0 Å². The van der Waals surface area contributed by atoms with E-state index in [9.17, 15) is 0 Å². The molecule has 1 aromatic rings. The van der Waals surface area contributed by atoms with Gasteiger partial charge in [-0.05, 0) is 18.1 Å². The Balaban J connectivity index is 3.26. The molecule has 1 rings (SSSR count). The third-order valence-electron chi connectivity index (χ3n) is 1.97. The Morgan fingerprint density at radius 2 is 2.31 bits per heavy atom. The van der Waals surface area contributed by atoms with Gasteiger partial charge in [-0.1, -0.05) is 31.7 Å². The van der Waals surface area contributed by atoms with Crippen molar-refractivity contribution in [3.63, 3.8) is 0 Å². The third-order valence-corrected chi connectivity index (χ3v) is 1.97. The zero-order valence-corrected chi connectivity index (χ0v) is 8.13. The highest BCUT2D eigenvalue weighted by molar-refractivity contribution is 5.59. The van der Waals surface area contributed by atoms with Crippen molar-refractivity contribution >= 4 is 6.08 Å². The van der Waals surface area contributed by atoms with Gasteiger partial charge in [-0.3, -0.25) is 0 Å². The maximum Gasteiger partial charge on any atom is 0.129 e. The molecule has 0 saturated heterocycles. The van der Waals surface area contributed by atoms with Gasteiger partial charge in [0.05, 0.1) is 7.11 Å². The van der Waals surface area contributed by atoms with E-state index in [1.165, 1.54) is 5.56 Å². The molecule has 0 N–H and O–H groups in total. The molecule has 0 heterocycles. The van der Waals surface area contributed by atoms with E-state index in [1.54, 1.807) is 7.11 Å². The Hall–Kier alpha value is -1.46. The van der Waals surface area contributed by atoms with E-state index in [0.29, 0.717) is 0 Å². The third kappa shape index (κ3) is 2.01. The van der Waals surface area contributed by atoms with Gasteiger partial charge in [-0.2, -0.15) is 0 Å². The molecule has 0 unspecified atom stereocenters. The van der Waals surface area contributed by atoms with Gasteiger partial charge >= 0.3 is 0 Å². The first-order valence-corrected chi connectivity index (χ1v) is 4.35. The van der Waals surface area contributed by atoms with Crippen LogP contribution >= 0.6 is 0 Å². The smallest absolute Gasteiger partial charge is 0.129 e. The summed E-state index contributed by atoms with van der Waals surface area (Å²) in [5.74, 6) is 0.932. The molecule has 0 aliphatic carbocycles. The summed E-state index contributed by atoms with van der Waals surface area (Å²) in [6.45, 7) is 5.66. The molecule has 13 heavy (non-hydrogen) atoms. The SMILES string of the molecule is C=C=Cc1cccc(CC)c1OC. The fourth-order valence-electron chi connectivity index (χ4n) is 1.36. The number of benzene rings is 1. The number of rotatable bonds is 3. The normalized spacial score (nSPS) is 9.08. The van der Waals surface area contributed by atoms with E-state index in [2.05, 4.69) is 25.3 Å². The highest BCUT2D eigenvalue weighted by Gasteiger charge is 2.03. The van der Waals surface area contributed by atoms with Crippen LogP contribution in [-0.4, -0.2) is 7.11 Å². The minimum atomic E-state index is 0.932. The van der Waals surface area contributed by atoms with Crippen molar-refractivity contribution in [2.75, 3.05) is 7.11 Å². The van der Waals surface area contributed by atoms with E-state index < -0.39 is 0 Å². The van der Waals surface area contributed by atoms with Gasteiger partial charge in [0.25, 0.3) is 0 Å². The molecular weight excluding hydrogens is 160 g/mol. The number of hydrogen-bond acceptors (Lipinski definition) is 1. The van der Waals surface area contributed by atoms with Gasteiger partial charge < -0.3 is 4.74 Å². The Bertz CT molecular complexity index is 333. The molecule has 0 saturated carbocycles. The van der Waals surface area contributed by atoms with Gasteiger partial charge in [-0.25, -0.2) is 0 Å². The lowest BCUT2D eigenvalue weighted by atomic mass is 10.1. The Kier molecular flexibility index (Phi) is 3.36. The highest BCUT2D eigenvalue weighted by atomic mass is 16.5. The standard InChI is InChI=1S/C12H14O/c1-4-7-11-9-6-8-10(5-2)12(11)13-3/h6-9H,1,5H2,2-3H3. The monoisotopic (exact) mass is 174 g/mol. The molecule has 0 amide bonds.